The van der Waals surface area contributed by atoms with E-state index in [-0.39, 0.29) is 11.4 Å². The molecule has 186 valence electrons. The maximum atomic E-state index is 13.0. The average Bonchev–Trinajstić information content (AvgIpc) is 3.25. The summed E-state index contributed by atoms with van der Waals surface area (Å²) >= 11 is 7.05. The average molecular weight is 524 g/mol. The molecule has 4 rings (SSSR count). The minimum atomic E-state index is -0.495. The first-order chi connectivity index (χ1) is 17.1. The Hall–Kier alpha value is -3.49. The van der Waals surface area contributed by atoms with Crippen molar-refractivity contribution in [1.82, 2.24) is 9.47 Å². The van der Waals surface area contributed by atoms with Crippen LogP contribution in [0.4, 0.5) is 10.5 Å². The number of nitrogens with one attached hydrogen (secondary N) is 1. The van der Waals surface area contributed by atoms with Gasteiger partial charge in [-0.2, -0.15) is 0 Å². The fourth-order valence-electron chi connectivity index (χ4n) is 4.08. The molecule has 0 radical (unpaired) electrons. The smallest absolute Gasteiger partial charge is 0.294 e. The molecule has 1 aromatic heterocycles. The van der Waals surface area contributed by atoms with Crippen molar-refractivity contribution in [3.63, 3.8) is 0 Å². The molecular formula is C27H26ClN3O4S. The normalized spacial score (nSPS) is 14.6. The Morgan fingerprint density at radius 1 is 1.06 bits per heavy atom. The molecule has 3 amide bonds. The predicted molar refractivity (Wildman–Crippen MR) is 144 cm³/mol. The van der Waals surface area contributed by atoms with E-state index in [4.69, 9.17) is 16.3 Å². The minimum absolute atomic E-state index is 0.261. The molecule has 1 N–H and O–H groups in total. The second-order valence-electron chi connectivity index (χ2n) is 8.59. The highest BCUT2D eigenvalue weighted by Gasteiger charge is 2.36. The van der Waals surface area contributed by atoms with Crippen molar-refractivity contribution in [2.75, 3.05) is 19.0 Å². The van der Waals surface area contributed by atoms with E-state index in [1.54, 1.807) is 31.4 Å². The molecule has 1 fully saturated rings. The van der Waals surface area contributed by atoms with Crippen LogP contribution in [0.25, 0.3) is 11.8 Å². The van der Waals surface area contributed by atoms with Crippen LogP contribution < -0.4 is 10.1 Å². The van der Waals surface area contributed by atoms with Crippen molar-refractivity contribution in [3.8, 4) is 11.4 Å². The predicted octanol–water partition coefficient (Wildman–Crippen LogP) is 6.05. The number of carbonyl (C=O) groups is 3. The van der Waals surface area contributed by atoms with Gasteiger partial charge >= 0.3 is 0 Å². The Balaban J connectivity index is 1.56. The summed E-state index contributed by atoms with van der Waals surface area (Å²) in [5.41, 5.74) is 6.08. The van der Waals surface area contributed by atoms with Crippen LogP contribution in [0.3, 0.4) is 0 Å². The first kappa shape index (κ1) is 25.6. The van der Waals surface area contributed by atoms with Gasteiger partial charge in [-0.15, -0.1) is 0 Å². The molecule has 7 nitrogen and oxygen atoms in total. The van der Waals surface area contributed by atoms with E-state index >= 15 is 0 Å². The van der Waals surface area contributed by atoms with Gasteiger partial charge in [0.15, 0.2) is 0 Å². The number of hydrogen-bond donors (Lipinski definition) is 1. The van der Waals surface area contributed by atoms with Gasteiger partial charge in [0, 0.05) is 22.1 Å². The number of amides is 3. The Morgan fingerprint density at radius 2 is 1.81 bits per heavy atom. The number of hydrogen-bond acceptors (Lipinski definition) is 5. The topological polar surface area (TPSA) is 80.6 Å². The maximum absolute atomic E-state index is 13.0. The fraction of sp³-hybridized carbons (Fsp3) is 0.222. The van der Waals surface area contributed by atoms with Crippen molar-refractivity contribution in [2.24, 2.45) is 0 Å². The standard InChI is InChI=1S/C27H26ClN3O4S/c1-15-6-8-21(10-16(15)2)29-25(32)14-30-26(33)24(36-27(30)34)12-19-11-17(3)31(18(19)4)22-13-20(28)7-9-23(22)35-5/h6-13H,14H2,1-5H3,(H,29,32)/b24-12+. The summed E-state index contributed by atoms with van der Waals surface area (Å²) in [6.07, 6.45) is 1.68. The lowest BCUT2D eigenvalue weighted by Gasteiger charge is -2.14. The second kappa shape index (κ2) is 10.2. The van der Waals surface area contributed by atoms with Crippen LogP contribution >= 0.6 is 23.4 Å². The Morgan fingerprint density at radius 3 is 2.50 bits per heavy atom. The van der Waals surface area contributed by atoms with Crippen molar-refractivity contribution >= 4 is 52.2 Å². The SMILES string of the molecule is COc1ccc(Cl)cc1-n1c(C)cc(/C=C2/SC(=O)N(CC(=O)Nc3ccc(C)c(C)c3)C2=O)c1C. The monoisotopic (exact) mass is 523 g/mol. The number of benzene rings is 2. The van der Waals surface area contributed by atoms with Crippen LogP contribution in [0.2, 0.25) is 5.02 Å². The van der Waals surface area contributed by atoms with Gasteiger partial charge in [0.1, 0.15) is 12.3 Å². The molecule has 1 saturated heterocycles. The lowest BCUT2D eigenvalue weighted by molar-refractivity contribution is -0.127. The highest BCUT2D eigenvalue weighted by Crippen LogP contribution is 2.35. The quantitative estimate of drug-likeness (QED) is 0.398. The van der Waals surface area contributed by atoms with Crippen LogP contribution in [0, 0.1) is 27.7 Å². The lowest BCUT2D eigenvalue weighted by atomic mass is 10.1. The first-order valence-corrected chi connectivity index (χ1v) is 12.4. The van der Waals surface area contributed by atoms with Gasteiger partial charge in [-0.05, 0) is 98.6 Å². The lowest BCUT2D eigenvalue weighted by Crippen LogP contribution is -2.36. The van der Waals surface area contributed by atoms with E-state index in [0.717, 1.165) is 50.4 Å². The number of carbonyl (C=O) groups excluding carboxylic acids is 3. The van der Waals surface area contributed by atoms with Gasteiger partial charge in [-0.25, -0.2) is 0 Å². The summed E-state index contributed by atoms with van der Waals surface area (Å²) in [4.78, 5) is 39.4. The maximum Gasteiger partial charge on any atom is 0.294 e. The van der Waals surface area contributed by atoms with Crippen molar-refractivity contribution in [2.45, 2.75) is 27.7 Å². The van der Waals surface area contributed by atoms with Crippen molar-refractivity contribution in [1.29, 1.82) is 0 Å². The summed E-state index contributed by atoms with van der Waals surface area (Å²) in [6, 6.07) is 12.8. The molecule has 0 saturated carbocycles. The third-order valence-electron chi connectivity index (χ3n) is 6.10. The molecule has 0 atom stereocenters. The minimum Gasteiger partial charge on any atom is -0.495 e. The molecule has 36 heavy (non-hydrogen) atoms. The molecule has 9 heteroatoms. The molecule has 1 aliphatic rings. The summed E-state index contributed by atoms with van der Waals surface area (Å²) in [5, 5.41) is 2.85. The van der Waals surface area contributed by atoms with Gasteiger partial charge < -0.3 is 14.6 Å². The molecule has 0 spiro atoms. The highest BCUT2D eigenvalue weighted by molar-refractivity contribution is 8.18. The van der Waals surface area contributed by atoms with E-state index in [0.29, 0.717) is 16.5 Å². The second-order valence-corrected chi connectivity index (χ2v) is 10.0. The van der Waals surface area contributed by atoms with E-state index < -0.39 is 17.1 Å². The van der Waals surface area contributed by atoms with Crippen LogP contribution in [-0.4, -0.2) is 40.2 Å². The number of rotatable bonds is 6. The molecule has 1 aliphatic heterocycles. The zero-order chi connectivity index (χ0) is 26.1. The summed E-state index contributed by atoms with van der Waals surface area (Å²) in [5.74, 6) is -0.277. The molecule has 3 aromatic rings. The van der Waals surface area contributed by atoms with E-state index in [9.17, 15) is 14.4 Å². The van der Waals surface area contributed by atoms with Gasteiger partial charge in [0.25, 0.3) is 11.1 Å². The van der Waals surface area contributed by atoms with Crippen LogP contribution in [0.1, 0.15) is 28.1 Å². The molecule has 2 aromatic carbocycles. The number of ether oxygens (including phenoxy) is 1. The Kier molecular flexibility index (Phi) is 7.28. The molecule has 0 unspecified atom stereocenters. The number of aromatic nitrogens is 1. The third-order valence-corrected chi connectivity index (χ3v) is 7.25. The molecular weight excluding hydrogens is 498 g/mol. The number of imide groups is 1. The Labute approximate surface area is 219 Å². The van der Waals surface area contributed by atoms with Crippen LogP contribution in [0.15, 0.2) is 47.4 Å². The molecule has 2 heterocycles. The van der Waals surface area contributed by atoms with Crippen LogP contribution in [0.5, 0.6) is 5.75 Å². The van der Waals surface area contributed by atoms with E-state index in [2.05, 4.69) is 5.32 Å². The first-order valence-electron chi connectivity index (χ1n) is 11.2. The number of aryl methyl sites for hydroxylation is 3. The summed E-state index contributed by atoms with van der Waals surface area (Å²) in [7, 11) is 1.59. The van der Waals surface area contributed by atoms with Gasteiger partial charge in [0.05, 0.1) is 17.7 Å². The molecule has 0 bridgehead atoms. The van der Waals surface area contributed by atoms with Crippen molar-refractivity contribution < 1.29 is 19.1 Å². The van der Waals surface area contributed by atoms with Crippen molar-refractivity contribution in [3.05, 3.63) is 80.5 Å². The zero-order valence-corrected chi connectivity index (χ0v) is 22.2. The zero-order valence-electron chi connectivity index (χ0n) is 20.6. The fourth-order valence-corrected chi connectivity index (χ4v) is 5.08. The third kappa shape index (κ3) is 5.05. The number of thioether (sulfide) groups is 1. The largest absolute Gasteiger partial charge is 0.495 e. The number of nitrogens with zero attached hydrogens (tertiary/aromatic N) is 2. The van der Waals surface area contributed by atoms with Gasteiger partial charge in [-0.3, -0.25) is 19.3 Å². The van der Waals surface area contributed by atoms with Gasteiger partial charge in [0.2, 0.25) is 5.91 Å². The van der Waals surface area contributed by atoms with Crippen LogP contribution in [-0.2, 0) is 9.59 Å². The highest BCUT2D eigenvalue weighted by atomic mass is 35.5. The molecule has 0 aliphatic carbocycles. The van der Waals surface area contributed by atoms with E-state index in [1.807, 2.05) is 56.5 Å². The summed E-state index contributed by atoms with van der Waals surface area (Å²) in [6.45, 7) is 7.43. The number of methoxy groups -OCH3 is 1. The number of anilines is 1. The summed E-state index contributed by atoms with van der Waals surface area (Å²) < 4.78 is 7.49. The number of halogens is 1. The Bertz CT molecular complexity index is 1430. The van der Waals surface area contributed by atoms with E-state index in [1.165, 1.54) is 0 Å². The van der Waals surface area contributed by atoms with Gasteiger partial charge in [-0.1, -0.05) is 17.7 Å².